The standard InChI is InChI=1S/C14H11N3/c1-2-11(9-15-6-1)10-17-13-4-3-12-5-7-16-14(12)8-13/h1-10,16H. The van der Waals surface area contributed by atoms with E-state index in [1.165, 1.54) is 5.39 Å². The summed E-state index contributed by atoms with van der Waals surface area (Å²) >= 11 is 0. The molecule has 1 N–H and O–H groups in total. The van der Waals surface area contributed by atoms with E-state index in [4.69, 9.17) is 0 Å². The Morgan fingerprint density at radius 1 is 1.18 bits per heavy atom. The maximum Gasteiger partial charge on any atom is 0.0650 e. The maximum absolute atomic E-state index is 4.42. The summed E-state index contributed by atoms with van der Waals surface area (Å²) in [5, 5.41) is 1.20. The van der Waals surface area contributed by atoms with Crippen LogP contribution in [0.4, 0.5) is 5.69 Å². The van der Waals surface area contributed by atoms with Crippen molar-refractivity contribution in [2.45, 2.75) is 0 Å². The molecule has 0 bridgehead atoms. The Morgan fingerprint density at radius 2 is 2.18 bits per heavy atom. The molecule has 0 radical (unpaired) electrons. The predicted octanol–water partition coefficient (Wildman–Crippen LogP) is 3.31. The lowest BCUT2D eigenvalue weighted by atomic mass is 10.2. The van der Waals surface area contributed by atoms with Gasteiger partial charge in [0.1, 0.15) is 0 Å². The molecular weight excluding hydrogens is 210 g/mol. The van der Waals surface area contributed by atoms with Gasteiger partial charge in [-0.1, -0.05) is 12.1 Å². The van der Waals surface area contributed by atoms with Crippen molar-refractivity contribution in [3.8, 4) is 0 Å². The zero-order valence-electron chi connectivity index (χ0n) is 9.17. The molecule has 3 aromatic rings. The van der Waals surface area contributed by atoms with E-state index < -0.39 is 0 Å². The highest BCUT2D eigenvalue weighted by molar-refractivity contribution is 5.85. The minimum absolute atomic E-state index is 0.934. The Hall–Kier alpha value is -2.42. The van der Waals surface area contributed by atoms with Crippen molar-refractivity contribution < 1.29 is 0 Å². The average molecular weight is 221 g/mol. The van der Waals surface area contributed by atoms with Crippen LogP contribution in [0.25, 0.3) is 10.9 Å². The highest BCUT2D eigenvalue weighted by Crippen LogP contribution is 2.19. The molecule has 3 rings (SSSR count). The van der Waals surface area contributed by atoms with Crippen molar-refractivity contribution in [1.82, 2.24) is 9.97 Å². The fraction of sp³-hybridized carbons (Fsp3) is 0. The molecule has 0 saturated carbocycles. The molecule has 0 saturated heterocycles. The lowest BCUT2D eigenvalue weighted by Crippen LogP contribution is -1.80. The van der Waals surface area contributed by atoms with Crippen molar-refractivity contribution in [3.63, 3.8) is 0 Å². The van der Waals surface area contributed by atoms with Crippen molar-refractivity contribution >= 4 is 22.8 Å². The summed E-state index contributed by atoms with van der Waals surface area (Å²) in [7, 11) is 0. The average Bonchev–Trinajstić information content (AvgIpc) is 2.85. The molecule has 0 aliphatic rings. The molecular formula is C14H11N3. The van der Waals surface area contributed by atoms with Gasteiger partial charge in [-0.2, -0.15) is 0 Å². The second kappa shape index (κ2) is 4.22. The highest BCUT2D eigenvalue weighted by Gasteiger charge is 1.95. The summed E-state index contributed by atoms with van der Waals surface area (Å²) in [5.41, 5.74) is 3.04. The van der Waals surface area contributed by atoms with Crippen molar-refractivity contribution in [2.75, 3.05) is 0 Å². The molecule has 0 aliphatic carbocycles. The number of rotatable bonds is 2. The summed E-state index contributed by atoms with van der Waals surface area (Å²) in [5.74, 6) is 0. The molecule has 0 fully saturated rings. The van der Waals surface area contributed by atoms with Crippen LogP contribution in [0.1, 0.15) is 5.56 Å². The zero-order chi connectivity index (χ0) is 11.5. The quantitative estimate of drug-likeness (QED) is 0.662. The van der Waals surface area contributed by atoms with Crippen molar-refractivity contribution in [2.24, 2.45) is 4.99 Å². The monoisotopic (exact) mass is 221 g/mol. The SMILES string of the molecule is C(=Nc1ccc2cc[nH]c2c1)c1cccnc1. The first-order chi connectivity index (χ1) is 8.42. The number of H-pyrrole nitrogens is 1. The van der Waals surface area contributed by atoms with Crippen LogP contribution in [0, 0.1) is 0 Å². The summed E-state index contributed by atoms with van der Waals surface area (Å²) in [6.45, 7) is 0. The van der Waals surface area contributed by atoms with Crippen molar-refractivity contribution in [1.29, 1.82) is 0 Å². The minimum Gasteiger partial charge on any atom is -0.361 e. The second-order valence-electron chi connectivity index (χ2n) is 3.79. The molecule has 82 valence electrons. The molecule has 2 heterocycles. The van der Waals surface area contributed by atoms with Gasteiger partial charge in [0.05, 0.1) is 5.69 Å². The van der Waals surface area contributed by atoms with Crippen LogP contribution in [0.15, 0.2) is 60.0 Å². The van der Waals surface area contributed by atoms with E-state index in [0.717, 1.165) is 16.8 Å². The van der Waals surface area contributed by atoms with Gasteiger partial charge in [0.2, 0.25) is 0 Å². The number of nitrogens with one attached hydrogen (secondary N) is 1. The lowest BCUT2D eigenvalue weighted by molar-refractivity contribution is 1.32. The maximum atomic E-state index is 4.42. The molecule has 17 heavy (non-hydrogen) atoms. The van der Waals surface area contributed by atoms with E-state index in [9.17, 15) is 0 Å². The zero-order valence-corrected chi connectivity index (χ0v) is 9.17. The van der Waals surface area contributed by atoms with Gasteiger partial charge in [0.15, 0.2) is 0 Å². The normalized spacial score (nSPS) is 11.3. The fourth-order valence-electron chi connectivity index (χ4n) is 1.72. The molecule has 3 heteroatoms. The summed E-state index contributed by atoms with van der Waals surface area (Å²) in [6, 6.07) is 12.0. The number of aromatic nitrogens is 2. The van der Waals surface area contributed by atoms with Crippen LogP contribution in [0.3, 0.4) is 0 Å². The largest absolute Gasteiger partial charge is 0.361 e. The number of hydrogen-bond donors (Lipinski definition) is 1. The van der Waals surface area contributed by atoms with Gasteiger partial charge in [-0.05, 0) is 29.7 Å². The third-order valence-corrected chi connectivity index (χ3v) is 2.59. The van der Waals surface area contributed by atoms with Crippen LogP contribution in [-0.2, 0) is 0 Å². The molecule has 1 aromatic carbocycles. The van der Waals surface area contributed by atoms with Gasteiger partial charge >= 0.3 is 0 Å². The Balaban J connectivity index is 1.92. The van der Waals surface area contributed by atoms with Gasteiger partial charge in [0, 0.05) is 35.9 Å². The van der Waals surface area contributed by atoms with Crippen LogP contribution in [-0.4, -0.2) is 16.2 Å². The molecule has 0 amide bonds. The van der Waals surface area contributed by atoms with E-state index in [1.54, 1.807) is 12.4 Å². The van der Waals surface area contributed by atoms with Gasteiger partial charge in [0.25, 0.3) is 0 Å². The number of aromatic amines is 1. The molecule has 0 unspecified atom stereocenters. The number of hydrogen-bond acceptors (Lipinski definition) is 2. The third kappa shape index (κ3) is 2.08. The first-order valence-corrected chi connectivity index (χ1v) is 5.43. The Bertz CT molecular complexity index is 653. The van der Waals surface area contributed by atoms with E-state index in [1.807, 2.05) is 42.7 Å². The number of aliphatic imine (C=N–C) groups is 1. The summed E-state index contributed by atoms with van der Waals surface area (Å²) in [6.07, 6.45) is 7.29. The Morgan fingerprint density at radius 3 is 3.06 bits per heavy atom. The smallest absolute Gasteiger partial charge is 0.0650 e. The van der Waals surface area contributed by atoms with Gasteiger partial charge in [-0.15, -0.1) is 0 Å². The van der Waals surface area contributed by atoms with Crippen LogP contribution < -0.4 is 0 Å². The van der Waals surface area contributed by atoms with Gasteiger partial charge in [-0.3, -0.25) is 9.98 Å². The molecule has 0 atom stereocenters. The lowest BCUT2D eigenvalue weighted by Gasteiger charge is -1.94. The highest BCUT2D eigenvalue weighted by atomic mass is 14.7. The number of fused-ring (bicyclic) bond motifs is 1. The number of pyridine rings is 1. The third-order valence-electron chi connectivity index (χ3n) is 2.59. The first kappa shape index (κ1) is 9.78. The van der Waals surface area contributed by atoms with E-state index in [-0.39, 0.29) is 0 Å². The Labute approximate surface area is 98.9 Å². The summed E-state index contributed by atoms with van der Waals surface area (Å²) < 4.78 is 0. The van der Waals surface area contributed by atoms with E-state index >= 15 is 0 Å². The minimum atomic E-state index is 0.934. The summed E-state index contributed by atoms with van der Waals surface area (Å²) in [4.78, 5) is 11.6. The van der Waals surface area contributed by atoms with Crippen molar-refractivity contribution in [3.05, 3.63) is 60.6 Å². The van der Waals surface area contributed by atoms with Crippen LogP contribution in [0.5, 0.6) is 0 Å². The molecule has 0 aliphatic heterocycles. The molecule has 3 nitrogen and oxygen atoms in total. The molecule has 0 spiro atoms. The topological polar surface area (TPSA) is 41.0 Å². The van der Waals surface area contributed by atoms with Crippen LogP contribution in [0.2, 0.25) is 0 Å². The van der Waals surface area contributed by atoms with Gasteiger partial charge < -0.3 is 4.98 Å². The van der Waals surface area contributed by atoms with Crippen LogP contribution >= 0.6 is 0 Å². The first-order valence-electron chi connectivity index (χ1n) is 5.43. The Kier molecular flexibility index (Phi) is 2.43. The fourth-order valence-corrected chi connectivity index (χ4v) is 1.72. The molecule has 2 aromatic heterocycles. The van der Waals surface area contributed by atoms with E-state index in [2.05, 4.69) is 21.0 Å². The second-order valence-corrected chi connectivity index (χ2v) is 3.79. The number of nitrogens with zero attached hydrogens (tertiary/aromatic N) is 2. The predicted molar refractivity (Wildman–Crippen MR) is 69.8 cm³/mol. The van der Waals surface area contributed by atoms with E-state index in [0.29, 0.717) is 0 Å². The number of benzene rings is 1. The van der Waals surface area contributed by atoms with Gasteiger partial charge in [-0.25, -0.2) is 0 Å².